The van der Waals surface area contributed by atoms with Crippen LogP contribution in [0, 0.1) is 6.92 Å². The number of aryl methyl sites for hydroxylation is 1. The maximum atomic E-state index is 12.4. The predicted octanol–water partition coefficient (Wildman–Crippen LogP) is 3.22. The number of pyridine rings is 1. The van der Waals surface area contributed by atoms with E-state index < -0.39 is 19.0 Å². The van der Waals surface area contributed by atoms with Crippen LogP contribution in [0.4, 0.5) is 8.78 Å². The van der Waals surface area contributed by atoms with Gasteiger partial charge in [-0.3, -0.25) is 0 Å². The number of carboxylic acid groups (broad SMARTS) is 1. The van der Waals surface area contributed by atoms with Gasteiger partial charge < -0.3 is 14.6 Å². The topological polar surface area (TPSA) is 98.8 Å². The number of nitrogens with zero attached hydrogens (tertiary/aromatic N) is 4. The fourth-order valence-electron chi connectivity index (χ4n) is 2.12. The maximum Gasteiger partial charge on any atom is 0.356 e. The second-order valence-corrected chi connectivity index (χ2v) is 5.49. The third-order valence-corrected chi connectivity index (χ3v) is 3.44. The Morgan fingerprint density at radius 3 is 2.88 bits per heavy atom. The van der Waals surface area contributed by atoms with Crippen LogP contribution in [-0.4, -0.2) is 43.7 Å². The molecule has 0 aliphatic heterocycles. The molecule has 0 saturated heterocycles. The van der Waals surface area contributed by atoms with Gasteiger partial charge in [0.25, 0.3) is 12.3 Å². The van der Waals surface area contributed by atoms with E-state index in [1.54, 1.807) is 0 Å². The van der Waals surface area contributed by atoms with Crippen LogP contribution in [0.1, 0.15) is 16.2 Å². The van der Waals surface area contributed by atoms with Gasteiger partial charge in [0.15, 0.2) is 17.1 Å². The molecule has 0 aliphatic rings. The molecule has 3 heterocycles. The number of imidazole rings is 1. The molecule has 0 fully saturated rings. The molecule has 0 unspecified atom stereocenters. The number of carbonyl (C=O) groups is 1. The van der Waals surface area contributed by atoms with E-state index in [1.165, 1.54) is 35.8 Å². The SMILES string of the molecule is Cc1c(C(=O)O)nc2ccc(Oc3ncc(Cl)cc3OCC(F)F)nn12. The fourth-order valence-corrected chi connectivity index (χ4v) is 2.27. The summed E-state index contributed by atoms with van der Waals surface area (Å²) in [5.74, 6) is -1.34. The van der Waals surface area contributed by atoms with Gasteiger partial charge in [-0.05, 0) is 13.0 Å². The van der Waals surface area contributed by atoms with Crippen molar-refractivity contribution in [1.29, 1.82) is 0 Å². The van der Waals surface area contributed by atoms with E-state index in [1.807, 2.05) is 0 Å². The maximum absolute atomic E-state index is 12.4. The molecule has 3 rings (SSSR count). The molecule has 3 aromatic rings. The lowest BCUT2D eigenvalue weighted by Crippen LogP contribution is -2.08. The van der Waals surface area contributed by atoms with Crippen LogP contribution < -0.4 is 9.47 Å². The van der Waals surface area contributed by atoms with Crippen LogP contribution in [0.2, 0.25) is 5.02 Å². The van der Waals surface area contributed by atoms with Gasteiger partial charge in [-0.25, -0.2) is 28.1 Å². The highest BCUT2D eigenvalue weighted by molar-refractivity contribution is 6.30. The lowest BCUT2D eigenvalue weighted by molar-refractivity contribution is 0.0690. The Balaban J connectivity index is 1.93. The Labute approximate surface area is 150 Å². The smallest absolute Gasteiger partial charge is 0.356 e. The zero-order valence-electron chi connectivity index (χ0n) is 13.2. The van der Waals surface area contributed by atoms with E-state index in [9.17, 15) is 13.6 Å². The van der Waals surface area contributed by atoms with E-state index in [0.717, 1.165) is 0 Å². The third-order valence-electron chi connectivity index (χ3n) is 3.23. The number of ether oxygens (including phenoxy) is 2. The quantitative estimate of drug-likeness (QED) is 0.696. The first-order chi connectivity index (χ1) is 12.3. The van der Waals surface area contributed by atoms with E-state index in [0.29, 0.717) is 11.3 Å². The van der Waals surface area contributed by atoms with E-state index in [4.69, 9.17) is 26.2 Å². The van der Waals surface area contributed by atoms with Crippen molar-refractivity contribution in [1.82, 2.24) is 19.6 Å². The van der Waals surface area contributed by atoms with Crippen molar-refractivity contribution in [2.24, 2.45) is 0 Å². The summed E-state index contributed by atoms with van der Waals surface area (Å²) in [6.45, 7) is 0.686. The molecule has 26 heavy (non-hydrogen) atoms. The lowest BCUT2D eigenvalue weighted by atomic mass is 10.3. The lowest BCUT2D eigenvalue weighted by Gasteiger charge is -2.11. The van der Waals surface area contributed by atoms with Crippen LogP contribution in [-0.2, 0) is 0 Å². The predicted molar refractivity (Wildman–Crippen MR) is 85.5 cm³/mol. The summed E-state index contributed by atoms with van der Waals surface area (Å²) in [4.78, 5) is 19.0. The van der Waals surface area contributed by atoms with Gasteiger partial charge in [0, 0.05) is 18.3 Å². The van der Waals surface area contributed by atoms with E-state index in [2.05, 4.69) is 15.1 Å². The number of hydrogen-bond acceptors (Lipinski definition) is 6. The summed E-state index contributed by atoms with van der Waals surface area (Å²) in [6.07, 6.45) is -1.42. The molecular weight excluding hydrogens is 374 g/mol. The van der Waals surface area contributed by atoms with Gasteiger partial charge >= 0.3 is 5.97 Å². The Hall–Kier alpha value is -3.01. The summed E-state index contributed by atoms with van der Waals surface area (Å²) in [7, 11) is 0. The molecule has 0 atom stereocenters. The molecule has 3 aromatic heterocycles. The molecule has 0 aromatic carbocycles. The Morgan fingerprint density at radius 2 is 2.19 bits per heavy atom. The second kappa shape index (κ2) is 7.08. The zero-order valence-corrected chi connectivity index (χ0v) is 13.9. The van der Waals surface area contributed by atoms with E-state index >= 15 is 0 Å². The van der Waals surface area contributed by atoms with Crippen LogP contribution in [0.5, 0.6) is 17.5 Å². The van der Waals surface area contributed by atoms with Gasteiger partial charge in [-0.1, -0.05) is 11.6 Å². The van der Waals surface area contributed by atoms with Crippen LogP contribution in [0.3, 0.4) is 0 Å². The summed E-state index contributed by atoms with van der Waals surface area (Å²) in [6, 6.07) is 4.22. The van der Waals surface area contributed by atoms with Crippen molar-refractivity contribution in [3.05, 3.63) is 40.8 Å². The minimum Gasteiger partial charge on any atom is -0.482 e. The van der Waals surface area contributed by atoms with Crippen LogP contribution >= 0.6 is 11.6 Å². The van der Waals surface area contributed by atoms with Crippen molar-refractivity contribution in [3.8, 4) is 17.5 Å². The Bertz CT molecular complexity index is 980. The summed E-state index contributed by atoms with van der Waals surface area (Å²) in [5.41, 5.74) is 0.474. The monoisotopic (exact) mass is 384 g/mol. The summed E-state index contributed by atoms with van der Waals surface area (Å²) in [5, 5.41) is 13.4. The number of halogens is 3. The highest BCUT2D eigenvalue weighted by Gasteiger charge is 2.17. The number of carboxylic acids is 1. The molecule has 0 radical (unpaired) electrons. The van der Waals surface area contributed by atoms with Crippen molar-refractivity contribution < 1.29 is 28.2 Å². The molecule has 0 spiro atoms. The molecule has 0 aliphatic carbocycles. The minimum absolute atomic E-state index is 0.0339. The molecule has 8 nitrogen and oxygen atoms in total. The zero-order chi connectivity index (χ0) is 18.8. The van der Waals surface area contributed by atoms with Gasteiger partial charge in [0.2, 0.25) is 5.88 Å². The number of hydrogen-bond donors (Lipinski definition) is 1. The van der Waals surface area contributed by atoms with Crippen LogP contribution in [0.25, 0.3) is 5.65 Å². The number of rotatable bonds is 6. The third kappa shape index (κ3) is 3.64. The summed E-state index contributed by atoms with van der Waals surface area (Å²) < 4.78 is 36.5. The number of alkyl halides is 2. The van der Waals surface area contributed by atoms with Crippen molar-refractivity contribution in [2.75, 3.05) is 6.61 Å². The average molecular weight is 385 g/mol. The average Bonchev–Trinajstić information content (AvgIpc) is 2.92. The van der Waals surface area contributed by atoms with Gasteiger partial charge in [-0.15, -0.1) is 5.10 Å². The number of fused-ring (bicyclic) bond motifs is 1. The number of aromatic nitrogens is 4. The fraction of sp³-hybridized carbons (Fsp3) is 0.200. The Kier molecular flexibility index (Phi) is 4.85. The molecule has 0 amide bonds. The minimum atomic E-state index is -2.68. The second-order valence-electron chi connectivity index (χ2n) is 5.05. The highest BCUT2D eigenvalue weighted by Crippen LogP contribution is 2.31. The molecule has 136 valence electrons. The van der Waals surface area contributed by atoms with Gasteiger partial charge in [0.1, 0.15) is 6.61 Å². The van der Waals surface area contributed by atoms with Gasteiger partial charge in [-0.2, -0.15) is 0 Å². The molecule has 11 heteroatoms. The first kappa shape index (κ1) is 17.8. The Morgan fingerprint density at radius 1 is 1.42 bits per heavy atom. The van der Waals surface area contributed by atoms with Crippen molar-refractivity contribution >= 4 is 23.2 Å². The largest absolute Gasteiger partial charge is 0.482 e. The molecule has 0 bridgehead atoms. The van der Waals surface area contributed by atoms with Crippen LogP contribution in [0.15, 0.2) is 24.4 Å². The van der Waals surface area contributed by atoms with Gasteiger partial charge in [0.05, 0.1) is 10.7 Å². The van der Waals surface area contributed by atoms with Crippen molar-refractivity contribution in [2.45, 2.75) is 13.3 Å². The highest BCUT2D eigenvalue weighted by atomic mass is 35.5. The molecular formula is C15H11ClF2N4O4. The molecule has 1 N–H and O–H groups in total. The first-order valence-corrected chi connectivity index (χ1v) is 7.57. The normalized spacial score (nSPS) is 11.1. The standard InChI is InChI=1S/C15H11ClF2N4O4/c1-7-13(15(23)24)20-11-2-3-12(21-22(7)11)26-14-9(25-6-10(17)18)4-8(16)5-19-14/h2-5,10H,6H2,1H3,(H,23,24). The summed E-state index contributed by atoms with van der Waals surface area (Å²) >= 11 is 5.80. The molecule has 0 saturated carbocycles. The van der Waals surface area contributed by atoms with Crippen molar-refractivity contribution in [3.63, 3.8) is 0 Å². The van der Waals surface area contributed by atoms with E-state index in [-0.39, 0.29) is 28.2 Å². The number of aromatic carboxylic acids is 1. The first-order valence-electron chi connectivity index (χ1n) is 7.19.